The first-order valence-electron chi connectivity index (χ1n) is 11.6. The second-order valence-electron chi connectivity index (χ2n) is 9.06. The van der Waals surface area contributed by atoms with Gasteiger partial charge in [-0.15, -0.1) is 6.58 Å². The Bertz CT molecular complexity index is 1050. The third kappa shape index (κ3) is 5.82. The number of carbonyl (C=O) groups excluding carboxylic acids is 2. The molecule has 3 aromatic rings. The molecule has 0 saturated heterocycles. The fraction of sp³-hybridized carbons (Fsp3) is 0.267. The zero-order valence-corrected chi connectivity index (χ0v) is 20.2. The fourth-order valence-corrected chi connectivity index (χ4v) is 4.19. The maximum atomic E-state index is 14.1. The van der Waals surface area contributed by atoms with Crippen LogP contribution in [0.2, 0.25) is 0 Å². The number of benzene rings is 3. The predicted molar refractivity (Wildman–Crippen MR) is 136 cm³/mol. The molecule has 0 unspecified atom stereocenters. The van der Waals surface area contributed by atoms with Crippen LogP contribution in [-0.4, -0.2) is 17.9 Å². The second-order valence-corrected chi connectivity index (χ2v) is 9.06. The Morgan fingerprint density at radius 2 is 1.32 bits per heavy atom. The van der Waals surface area contributed by atoms with Gasteiger partial charge >= 0.3 is 5.97 Å². The highest BCUT2D eigenvalue weighted by Crippen LogP contribution is 2.38. The van der Waals surface area contributed by atoms with Gasteiger partial charge in [-0.3, -0.25) is 4.79 Å². The molecule has 0 aliphatic heterocycles. The van der Waals surface area contributed by atoms with Crippen LogP contribution in [0.15, 0.2) is 103 Å². The Labute approximate surface area is 202 Å². The highest BCUT2D eigenvalue weighted by atomic mass is 16.5. The van der Waals surface area contributed by atoms with Gasteiger partial charge in [0.1, 0.15) is 18.1 Å². The first kappa shape index (κ1) is 25.0. The summed E-state index contributed by atoms with van der Waals surface area (Å²) in [6.07, 6.45) is 0.413. The van der Waals surface area contributed by atoms with Gasteiger partial charge in [-0.25, -0.2) is 4.79 Å². The van der Waals surface area contributed by atoms with Crippen LogP contribution in [0, 0.1) is 5.92 Å². The summed E-state index contributed by atoms with van der Waals surface area (Å²) in [5, 5.41) is 3.04. The summed E-state index contributed by atoms with van der Waals surface area (Å²) in [6, 6.07) is 28.1. The standard InChI is InChI=1S/C30H33NO3/c1-22(2)20-30(25-16-10-6-11-17-25,26-18-12-7-13-19-26)29(33)31-27(23(3)4)28(32)34-21-24-14-8-5-9-15-24/h5-19,23,27H,1,20-21H2,2-4H3,(H,31,33)/t27-/m0/s1. The first-order chi connectivity index (χ1) is 16.3. The van der Waals surface area contributed by atoms with Crippen LogP contribution in [0.3, 0.4) is 0 Å². The summed E-state index contributed by atoms with van der Waals surface area (Å²) in [5.41, 5.74) is 2.44. The zero-order valence-electron chi connectivity index (χ0n) is 20.2. The molecular formula is C30H33NO3. The molecule has 0 radical (unpaired) electrons. The predicted octanol–water partition coefficient (Wildman–Crippen LogP) is 5.82. The summed E-state index contributed by atoms with van der Waals surface area (Å²) in [4.78, 5) is 27.2. The Hall–Kier alpha value is -3.66. The Balaban J connectivity index is 1.96. The van der Waals surface area contributed by atoms with Crippen LogP contribution in [-0.2, 0) is 26.3 Å². The van der Waals surface area contributed by atoms with Crippen molar-refractivity contribution in [2.75, 3.05) is 0 Å². The molecule has 176 valence electrons. The Morgan fingerprint density at radius 1 is 0.853 bits per heavy atom. The van der Waals surface area contributed by atoms with Crippen molar-refractivity contribution in [1.29, 1.82) is 0 Å². The van der Waals surface area contributed by atoms with Crippen LogP contribution in [0.25, 0.3) is 0 Å². The Morgan fingerprint density at radius 3 is 1.76 bits per heavy atom. The maximum absolute atomic E-state index is 14.1. The van der Waals surface area contributed by atoms with E-state index in [2.05, 4.69) is 11.9 Å². The summed E-state index contributed by atoms with van der Waals surface area (Å²) in [6.45, 7) is 10.00. The molecule has 34 heavy (non-hydrogen) atoms. The fourth-order valence-electron chi connectivity index (χ4n) is 4.19. The van der Waals surface area contributed by atoms with E-state index in [9.17, 15) is 9.59 Å². The minimum absolute atomic E-state index is 0.152. The van der Waals surface area contributed by atoms with E-state index in [1.54, 1.807) is 0 Å². The number of amides is 1. The topological polar surface area (TPSA) is 55.4 Å². The van der Waals surface area contributed by atoms with Gasteiger partial charge in [0.05, 0.1) is 0 Å². The normalized spacial score (nSPS) is 12.1. The number of esters is 1. The highest BCUT2D eigenvalue weighted by Gasteiger charge is 2.43. The van der Waals surface area contributed by atoms with Gasteiger partial charge in [0.25, 0.3) is 0 Å². The molecule has 4 nitrogen and oxygen atoms in total. The number of nitrogens with one attached hydrogen (secondary N) is 1. The van der Waals surface area contributed by atoms with Crippen LogP contribution in [0.4, 0.5) is 0 Å². The van der Waals surface area contributed by atoms with Crippen LogP contribution in [0.1, 0.15) is 43.9 Å². The van der Waals surface area contributed by atoms with Crippen molar-refractivity contribution in [2.24, 2.45) is 5.92 Å². The van der Waals surface area contributed by atoms with Crippen molar-refractivity contribution >= 4 is 11.9 Å². The van der Waals surface area contributed by atoms with Gasteiger partial charge in [0.15, 0.2) is 0 Å². The molecule has 0 fully saturated rings. The van der Waals surface area contributed by atoms with Crippen molar-refractivity contribution in [3.8, 4) is 0 Å². The molecule has 0 saturated carbocycles. The molecule has 0 heterocycles. The van der Waals surface area contributed by atoms with E-state index < -0.39 is 17.4 Å². The van der Waals surface area contributed by atoms with Gasteiger partial charge < -0.3 is 10.1 Å². The largest absolute Gasteiger partial charge is 0.459 e. The SMILES string of the molecule is C=C(C)CC(C(=O)N[C@H](C(=O)OCc1ccccc1)C(C)C)(c1ccccc1)c1ccccc1. The second kappa shape index (κ2) is 11.5. The van der Waals surface area contributed by atoms with E-state index in [4.69, 9.17) is 4.74 Å². The summed E-state index contributed by atoms with van der Waals surface area (Å²) in [7, 11) is 0. The molecule has 0 aromatic heterocycles. The number of carbonyl (C=O) groups is 2. The average Bonchev–Trinajstić information content (AvgIpc) is 2.85. The number of allylic oxidation sites excluding steroid dienone is 1. The van der Waals surface area contributed by atoms with E-state index in [-0.39, 0.29) is 18.4 Å². The van der Waals surface area contributed by atoms with E-state index in [1.807, 2.05) is 112 Å². The lowest BCUT2D eigenvalue weighted by atomic mass is 9.69. The Kier molecular flexibility index (Phi) is 8.42. The monoisotopic (exact) mass is 455 g/mol. The molecule has 0 aliphatic carbocycles. The van der Waals surface area contributed by atoms with Gasteiger partial charge in [-0.1, -0.05) is 110 Å². The molecule has 3 rings (SSSR count). The van der Waals surface area contributed by atoms with Crippen LogP contribution in [0.5, 0.6) is 0 Å². The lowest BCUT2D eigenvalue weighted by Crippen LogP contribution is -2.53. The number of ether oxygens (including phenoxy) is 1. The van der Waals surface area contributed by atoms with E-state index >= 15 is 0 Å². The quantitative estimate of drug-likeness (QED) is 0.309. The first-order valence-corrected chi connectivity index (χ1v) is 11.6. The molecule has 4 heteroatoms. The highest BCUT2D eigenvalue weighted by molar-refractivity contribution is 5.95. The number of hydrogen-bond acceptors (Lipinski definition) is 3. The van der Waals surface area contributed by atoms with Gasteiger partial charge in [-0.05, 0) is 36.0 Å². The molecule has 0 aliphatic rings. The third-order valence-electron chi connectivity index (χ3n) is 5.92. The van der Waals surface area contributed by atoms with E-state index in [1.165, 1.54) is 0 Å². The minimum atomic E-state index is -1.03. The van der Waals surface area contributed by atoms with Gasteiger partial charge in [-0.2, -0.15) is 0 Å². The van der Waals surface area contributed by atoms with Crippen LogP contribution >= 0.6 is 0 Å². The molecular weight excluding hydrogens is 422 g/mol. The minimum Gasteiger partial charge on any atom is -0.459 e. The van der Waals surface area contributed by atoms with Crippen molar-refractivity contribution in [1.82, 2.24) is 5.32 Å². The van der Waals surface area contributed by atoms with Crippen molar-refractivity contribution in [3.63, 3.8) is 0 Å². The number of rotatable bonds is 10. The molecule has 0 bridgehead atoms. The lowest BCUT2D eigenvalue weighted by molar-refractivity contribution is -0.151. The van der Waals surface area contributed by atoms with Crippen molar-refractivity contribution in [2.45, 2.75) is 45.3 Å². The maximum Gasteiger partial charge on any atom is 0.329 e. The van der Waals surface area contributed by atoms with Gasteiger partial charge in [0.2, 0.25) is 5.91 Å². The summed E-state index contributed by atoms with van der Waals surface area (Å²) >= 11 is 0. The van der Waals surface area contributed by atoms with Crippen molar-refractivity contribution in [3.05, 3.63) is 120 Å². The number of hydrogen-bond donors (Lipinski definition) is 1. The lowest BCUT2D eigenvalue weighted by Gasteiger charge is -2.36. The summed E-state index contributed by atoms with van der Waals surface area (Å²) < 4.78 is 5.59. The zero-order chi connectivity index (χ0) is 24.6. The van der Waals surface area contributed by atoms with E-state index in [0.717, 1.165) is 22.3 Å². The molecule has 3 aromatic carbocycles. The van der Waals surface area contributed by atoms with E-state index in [0.29, 0.717) is 6.42 Å². The smallest absolute Gasteiger partial charge is 0.329 e. The summed E-state index contributed by atoms with van der Waals surface area (Å²) in [5.74, 6) is -0.845. The average molecular weight is 456 g/mol. The third-order valence-corrected chi connectivity index (χ3v) is 5.92. The van der Waals surface area contributed by atoms with Gasteiger partial charge in [0, 0.05) is 0 Å². The van der Waals surface area contributed by atoms with Crippen molar-refractivity contribution < 1.29 is 14.3 Å². The molecule has 0 spiro atoms. The van der Waals surface area contributed by atoms with Crippen LogP contribution < -0.4 is 5.32 Å². The molecule has 1 amide bonds. The molecule has 1 N–H and O–H groups in total. The molecule has 1 atom stereocenters.